The minimum atomic E-state index is -1.27. The van der Waals surface area contributed by atoms with Crippen LogP contribution in [0, 0.1) is 22.7 Å². The van der Waals surface area contributed by atoms with E-state index < -0.39 is 23.1 Å². The van der Waals surface area contributed by atoms with Gasteiger partial charge in [0.15, 0.2) is 22.5 Å². The molecule has 0 aliphatic heterocycles. The molecule has 0 unspecified atom stereocenters. The number of rotatable bonds is 19. The number of hydrogen-bond acceptors (Lipinski definition) is 18. The van der Waals surface area contributed by atoms with Crippen molar-refractivity contribution in [3.63, 3.8) is 0 Å². The van der Waals surface area contributed by atoms with Crippen LogP contribution in [0.15, 0.2) is 97.8 Å². The number of fused-ring (bicyclic) bond motifs is 2. The number of carboxylic acid groups (broad SMARTS) is 1. The van der Waals surface area contributed by atoms with Gasteiger partial charge >= 0.3 is 11.9 Å². The second kappa shape index (κ2) is 24.2. The largest absolute Gasteiger partial charge is 0.479 e. The number of methoxy groups -OCH3 is 3. The van der Waals surface area contributed by atoms with Crippen LogP contribution in [0.3, 0.4) is 0 Å². The zero-order valence-electron chi connectivity index (χ0n) is 43.5. The van der Waals surface area contributed by atoms with Crippen LogP contribution in [0.5, 0.6) is 0 Å². The number of aromatic nitrogens is 10. The van der Waals surface area contributed by atoms with Gasteiger partial charge in [-0.15, -0.1) is 0 Å². The van der Waals surface area contributed by atoms with Crippen molar-refractivity contribution in [3.8, 4) is 45.8 Å². The Morgan fingerprint density at radius 3 is 1.42 bits per heavy atom. The summed E-state index contributed by atoms with van der Waals surface area (Å²) in [5.74, 6) is -1.23. The van der Waals surface area contributed by atoms with Crippen LogP contribution >= 0.6 is 0 Å². The molecule has 0 atom stereocenters. The number of nitrogens with two attached hydrogens (primary N) is 2. The minimum absolute atomic E-state index is 0.113. The summed E-state index contributed by atoms with van der Waals surface area (Å²) in [6.45, 7) is 1.58. The maximum Gasteiger partial charge on any atom is 0.338 e. The lowest BCUT2D eigenvalue weighted by molar-refractivity contribution is -0.181. The van der Waals surface area contributed by atoms with Gasteiger partial charge in [0.25, 0.3) is 0 Å². The Bertz CT molecular complexity index is 3450. The standard InChI is InChI=1S/C29H33N7O5.C26H27N7O4/c1-38-12-14-40-28(37)29(41-15-13-39-2)10-8-20(9-11-29)25-23(16-30)26(31)36-27(34-25)24(18-33-36)21-17-32-35(19-21)22-6-4-3-5-7-22;1-36-11-12-37-26(25(34)35)9-7-17(8-10-26)22-20(13-27)23(28)33-24(31-22)21(15-30-33)18-14-29-32(16-18)19-5-3-2-4-6-19/h3-7,17-20H,8-15,31H2,1-2H3;2-6,14-17H,7-12,28H2,1H3,(H,34,35). The summed E-state index contributed by atoms with van der Waals surface area (Å²) < 4.78 is 38.9. The molecule has 6 heterocycles. The molecule has 2 aliphatic carbocycles. The molecular formula is C55H60N14O9. The highest BCUT2D eigenvalue weighted by atomic mass is 16.6. The fraction of sp³-hybridized carbons (Fsp3) is 0.382. The molecule has 2 aromatic carbocycles. The smallest absolute Gasteiger partial charge is 0.338 e. The van der Waals surface area contributed by atoms with Gasteiger partial charge in [-0.2, -0.15) is 39.9 Å². The number of benzene rings is 2. The monoisotopic (exact) mass is 1060 g/mol. The first-order chi connectivity index (χ1) is 38.0. The number of carboxylic acids is 1. The third-order valence-corrected chi connectivity index (χ3v) is 14.4. The molecule has 0 saturated heterocycles. The molecular weight excluding hydrogens is 1000 g/mol. The van der Waals surface area contributed by atoms with Gasteiger partial charge in [-0.3, -0.25) is 0 Å². The number of carbonyl (C=O) groups excluding carboxylic acids is 1. The Labute approximate surface area is 448 Å². The van der Waals surface area contributed by atoms with Crippen LogP contribution in [0.25, 0.3) is 44.9 Å². The first-order valence-electron chi connectivity index (χ1n) is 25.5. The van der Waals surface area contributed by atoms with E-state index in [2.05, 4.69) is 32.5 Å². The van der Waals surface area contributed by atoms with Crippen LogP contribution in [0.4, 0.5) is 11.6 Å². The molecule has 5 N–H and O–H groups in total. The minimum Gasteiger partial charge on any atom is -0.479 e. The van der Waals surface area contributed by atoms with Crippen molar-refractivity contribution in [3.05, 3.63) is 120 Å². The third-order valence-electron chi connectivity index (χ3n) is 14.4. The Morgan fingerprint density at radius 2 is 1.01 bits per heavy atom. The van der Waals surface area contributed by atoms with E-state index in [1.165, 1.54) is 9.03 Å². The molecule has 0 bridgehead atoms. The molecule has 6 aromatic heterocycles. The number of nitriles is 2. The van der Waals surface area contributed by atoms with Crippen molar-refractivity contribution in [2.45, 2.75) is 74.4 Å². The SMILES string of the molecule is COCCOC(=O)C1(OCCOC)CCC(c2nc3c(-c4cnn(-c5ccccc5)c4)cnn3c(N)c2C#N)CC1.COCCOC1(C(=O)O)CCC(c2nc3c(-c4cnn(-c5ccccc5)c4)cnn3c(N)c2C#N)CC1. The van der Waals surface area contributed by atoms with Gasteiger partial charge in [-0.25, -0.2) is 28.9 Å². The summed E-state index contributed by atoms with van der Waals surface area (Å²) in [4.78, 5) is 35.0. The van der Waals surface area contributed by atoms with Crippen molar-refractivity contribution in [1.82, 2.24) is 48.8 Å². The Hall–Kier alpha value is -8.58. The zero-order valence-corrected chi connectivity index (χ0v) is 43.5. The molecule has 78 heavy (non-hydrogen) atoms. The highest BCUT2D eigenvalue weighted by molar-refractivity contribution is 5.81. The lowest BCUT2D eigenvalue weighted by Gasteiger charge is -2.38. The summed E-state index contributed by atoms with van der Waals surface area (Å²) in [7, 11) is 4.67. The van der Waals surface area contributed by atoms with E-state index in [0.29, 0.717) is 93.9 Å². The number of aliphatic carboxylic acids is 1. The summed E-state index contributed by atoms with van der Waals surface area (Å²) in [5, 5.41) is 47.6. The quantitative estimate of drug-likeness (QED) is 0.0577. The Morgan fingerprint density at radius 1 is 0.603 bits per heavy atom. The number of esters is 1. The third kappa shape index (κ3) is 11.0. The van der Waals surface area contributed by atoms with Crippen LogP contribution in [0.2, 0.25) is 0 Å². The maximum atomic E-state index is 13.1. The van der Waals surface area contributed by atoms with Crippen molar-refractivity contribution < 1.29 is 43.1 Å². The van der Waals surface area contributed by atoms with E-state index >= 15 is 0 Å². The van der Waals surface area contributed by atoms with Gasteiger partial charge in [0.2, 0.25) is 0 Å². The number of nitrogen functional groups attached to an aromatic ring is 2. The number of ether oxygens (including phenoxy) is 6. The number of carbonyl (C=O) groups is 2. The highest BCUT2D eigenvalue weighted by Crippen LogP contribution is 2.44. The summed E-state index contributed by atoms with van der Waals surface area (Å²) in [6, 6.07) is 23.9. The second-order valence-electron chi connectivity index (χ2n) is 19.0. The average Bonchev–Trinajstić information content (AvgIpc) is 4.49. The summed E-state index contributed by atoms with van der Waals surface area (Å²) >= 11 is 0. The number of hydrogen-bond donors (Lipinski definition) is 3. The predicted molar refractivity (Wildman–Crippen MR) is 283 cm³/mol. The number of anilines is 2. The molecule has 0 radical (unpaired) electrons. The topological polar surface area (TPSA) is 305 Å². The molecule has 404 valence electrons. The highest BCUT2D eigenvalue weighted by Gasteiger charge is 2.46. The van der Waals surface area contributed by atoms with Crippen LogP contribution in [-0.2, 0) is 38.0 Å². The molecule has 10 rings (SSSR count). The average molecular weight is 1060 g/mol. The molecule has 0 spiro atoms. The number of nitrogens with zero attached hydrogens (tertiary/aromatic N) is 12. The molecule has 2 aliphatic rings. The Balaban J connectivity index is 0.000000191. The molecule has 2 fully saturated rings. The summed E-state index contributed by atoms with van der Waals surface area (Å²) in [6.07, 6.45) is 14.1. The van der Waals surface area contributed by atoms with E-state index in [0.717, 1.165) is 33.6 Å². The lowest BCUT2D eigenvalue weighted by atomic mass is 9.76. The predicted octanol–water partition coefficient (Wildman–Crippen LogP) is 6.46. The van der Waals surface area contributed by atoms with Crippen LogP contribution in [0.1, 0.15) is 85.7 Å². The number of para-hydroxylation sites is 2. The van der Waals surface area contributed by atoms with E-state index in [4.69, 9.17) is 49.9 Å². The van der Waals surface area contributed by atoms with Crippen molar-refractivity contribution in [2.24, 2.45) is 0 Å². The van der Waals surface area contributed by atoms with Crippen molar-refractivity contribution in [2.75, 3.05) is 72.4 Å². The fourth-order valence-electron chi connectivity index (χ4n) is 10.2. The van der Waals surface area contributed by atoms with Gasteiger partial charge in [0, 0.05) is 67.8 Å². The molecule has 23 heteroatoms. The van der Waals surface area contributed by atoms with Gasteiger partial charge in [0.05, 0.1) is 80.6 Å². The first kappa shape index (κ1) is 54.2. The van der Waals surface area contributed by atoms with Crippen LogP contribution < -0.4 is 11.5 Å². The molecule has 0 amide bonds. The van der Waals surface area contributed by atoms with Gasteiger partial charge < -0.3 is 45.0 Å². The van der Waals surface area contributed by atoms with E-state index in [9.17, 15) is 25.2 Å². The summed E-state index contributed by atoms with van der Waals surface area (Å²) in [5.41, 5.74) is 18.2. The molecule has 2 saturated carbocycles. The van der Waals surface area contributed by atoms with Gasteiger partial charge in [-0.05, 0) is 75.6 Å². The zero-order chi connectivity index (χ0) is 54.8. The van der Waals surface area contributed by atoms with E-state index in [-0.39, 0.29) is 54.4 Å². The molecule has 23 nitrogen and oxygen atoms in total. The van der Waals surface area contributed by atoms with E-state index in [1.807, 2.05) is 73.1 Å². The van der Waals surface area contributed by atoms with Crippen LogP contribution in [-0.4, -0.2) is 138 Å². The lowest BCUT2D eigenvalue weighted by Crippen LogP contribution is -2.46. The first-order valence-corrected chi connectivity index (χ1v) is 25.5. The normalized spacial score (nSPS) is 19.2. The van der Waals surface area contributed by atoms with Gasteiger partial charge in [0.1, 0.15) is 41.5 Å². The fourth-order valence-corrected chi connectivity index (χ4v) is 10.2. The second-order valence-corrected chi connectivity index (χ2v) is 19.0. The van der Waals surface area contributed by atoms with Crippen molar-refractivity contribution >= 4 is 34.9 Å². The Kier molecular flexibility index (Phi) is 16.8. The van der Waals surface area contributed by atoms with Gasteiger partial charge in [-0.1, -0.05) is 36.4 Å². The maximum absolute atomic E-state index is 13.1. The van der Waals surface area contributed by atoms with Crippen molar-refractivity contribution in [1.29, 1.82) is 10.5 Å². The van der Waals surface area contributed by atoms with E-state index in [1.54, 1.807) is 55.5 Å². The molecule has 8 aromatic rings.